The number of aromatic nitrogens is 3. The van der Waals surface area contributed by atoms with E-state index in [1.54, 1.807) is 24.5 Å². The van der Waals surface area contributed by atoms with E-state index < -0.39 is 0 Å². The molecule has 0 radical (unpaired) electrons. The van der Waals surface area contributed by atoms with E-state index in [9.17, 15) is 0 Å². The van der Waals surface area contributed by atoms with Crippen molar-refractivity contribution in [1.29, 1.82) is 0 Å². The third-order valence-electron chi connectivity index (χ3n) is 1.96. The van der Waals surface area contributed by atoms with Crippen molar-refractivity contribution in [3.05, 3.63) is 34.6 Å². The van der Waals surface area contributed by atoms with Gasteiger partial charge < -0.3 is 5.32 Å². The summed E-state index contributed by atoms with van der Waals surface area (Å²) in [4.78, 5) is 12.6. The van der Waals surface area contributed by atoms with Crippen molar-refractivity contribution < 1.29 is 0 Å². The molecular formula is C11H10Cl2N4S. The zero-order valence-electron chi connectivity index (χ0n) is 9.52. The average molecular weight is 301 g/mol. The van der Waals surface area contributed by atoms with E-state index in [1.165, 1.54) is 11.8 Å². The van der Waals surface area contributed by atoms with Gasteiger partial charge in [0.05, 0.1) is 16.2 Å². The Kier molecular flexibility index (Phi) is 4.63. The number of anilines is 1. The average Bonchev–Trinajstić information content (AvgIpc) is 2.36. The second kappa shape index (κ2) is 6.22. The van der Waals surface area contributed by atoms with Crippen LogP contribution in [0.15, 0.2) is 34.6 Å². The number of rotatable bonds is 4. The van der Waals surface area contributed by atoms with Crippen molar-refractivity contribution in [2.45, 2.75) is 17.0 Å². The van der Waals surface area contributed by atoms with Gasteiger partial charge in [-0.1, -0.05) is 23.2 Å². The largest absolute Gasteiger partial charge is 0.354 e. The molecular weight excluding hydrogens is 291 g/mol. The highest BCUT2D eigenvalue weighted by molar-refractivity contribution is 7.99. The van der Waals surface area contributed by atoms with E-state index in [4.69, 9.17) is 23.2 Å². The van der Waals surface area contributed by atoms with E-state index in [0.29, 0.717) is 26.0 Å². The summed E-state index contributed by atoms with van der Waals surface area (Å²) >= 11 is 13.4. The fourth-order valence-corrected chi connectivity index (χ4v) is 2.39. The van der Waals surface area contributed by atoms with Crippen LogP contribution in [0.2, 0.25) is 10.0 Å². The van der Waals surface area contributed by atoms with Crippen molar-refractivity contribution >= 4 is 40.9 Å². The molecule has 0 atom stereocenters. The van der Waals surface area contributed by atoms with Gasteiger partial charge in [0.15, 0.2) is 0 Å². The molecule has 7 heteroatoms. The predicted molar refractivity (Wildman–Crippen MR) is 74.6 cm³/mol. The van der Waals surface area contributed by atoms with E-state index >= 15 is 0 Å². The van der Waals surface area contributed by atoms with Crippen molar-refractivity contribution in [2.24, 2.45) is 0 Å². The molecule has 0 unspecified atom stereocenters. The summed E-state index contributed by atoms with van der Waals surface area (Å²) in [6, 6.07) is 3.55. The van der Waals surface area contributed by atoms with Crippen LogP contribution in [0.1, 0.15) is 6.92 Å². The molecule has 0 aliphatic heterocycles. The summed E-state index contributed by atoms with van der Waals surface area (Å²) in [6.07, 6.45) is 3.24. The Bertz CT molecular complexity index is 550. The molecule has 4 nitrogen and oxygen atoms in total. The van der Waals surface area contributed by atoms with Crippen LogP contribution in [0, 0.1) is 0 Å². The van der Waals surface area contributed by atoms with Gasteiger partial charge in [-0.2, -0.15) is 0 Å². The van der Waals surface area contributed by atoms with Crippen LogP contribution in [-0.2, 0) is 0 Å². The molecule has 0 saturated heterocycles. The van der Waals surface area contributed by atoms with Crippen LogP contribution >= 0.6 is 35.0 Å². The molecule has 94 valence electrons. The zero-order chi connectivity index (χ0) is 13.0. The summed E-state index contributed by atoms with van der Waals surface area (Å²) in [5.41, 5.74) is 0. The number of hydrogen-bond acceptors (Lipinski definition) is 5. The highest BCUT2D eigenvalue weighted by atomic mass is 35.5. The molecule has 2 heterocycles. The summed E-state index contributed by atoms with van der Waals surface area (Å²) in [6.45, 7) is 2.72. The highest BCUT2D eigenvalue weighted by Crippen LogP contribution is 2.34. The van der Waals surface area contributed by atoms with Gasteiger partial charge in [0.25, 0.3) is 0 Å². The lowest BCUT2D eigenvalue weighted by atomic mass is 10.5. The van der Waals surface area contributed by atoms with E-state index in [-0.39, 0.29) is 0 Å². The molecule has 0 saturated carbocycles. The molecule has 0 aliphatic rings. The molecule has 1 N–H and O–H groups in total. The molecule has 0 aliphatic carbocycles. The fraction of sp³-hybridized carbons (Fsp3) is 0.182. The summed E-state index contributed by atoms with van der Waals surface area (Å²) in [7, 11) is 0. The van der Waals surface area contributed by atoms with Gasteiger partial charge in [-0.25, -0.2) is 15.0 Å². The van der Waals surface area contributed by atoms with Gasteiger partial charge in [0.2, 0.25) is 5.95 Å². The summed E-state index contributed by atoms with van der Waals surface area (Å²) < 4.78 is 0. The molecule has 2 aromatic rings. The SMILES string of the molecule is CCNc1ncc(Cl)c(Sc2ncccc2Cl)n1. The smallest absolute Gasteiger partial charge is 0.223 e. The number of nitrogens with zero attached hydrogens (tertiary/aromatic N) is 3. The lowest BCUT2D eigenvalue weighted by molar-refractivity contribution is 1.01. The summed E-state index contributed by atoms with van der Waals surface area (Å²) in [5, 5.41) is 5.37. The molecule has 18 heavy (non-hydrogen) atoms. The lowest BCUT2D eigenvalue weighted by Crippen LogP contribution is -2.02. The Morgan fingerprint density at radius 2 is 2.06 bits per heavy atom. The predicted octanol–water partition coefficient (Wildman–Crippen LogP) is 3.76. The maximum absolute atomic E-state index is 6.05. The normalized spacial score (nSPS) is 10.4. The Hall–Kier alpha value is -1.04. The highest BCUT2D eigenvalue weighted by Gasteiger charge is 2.10. The van der Waals surface area contributed by atoms with Gasteiger partial charge in [0, 0.05) is 12.7 Å². The van der Waals surface area contributed by atoms with Crippen LogP contribution in [0.3, 0.4) is 0 Å². The molecule has 0 fully saturated rings. The Labute approximate surface area is 119 Å². The first kappa shape index (κ1) is 13.4. The summed E-state index contributed by atoms with van der Waals surface area (Å²) in [5.74, 6) is 0.538. The third kappa shape index (κ3) is 3.25. The van der Waals surface area contributed by atoms with E-state index in [1.807, 2.05) is 6.92 Å². The minimum atomic E-state index is 0.475. The maximum Gasteiger partial charge on any atom is 0.223 e. The van der Waals surface area contributed by atoms with Crippen LogP contribution in [0.5, 0.6) is 0 Å². The van der Waals surface area contributed by atoms with Crippen molar-refractivity contribution in [3.63, 3.8) is 0 Å². The number of pyridine rings is 1. The first-order chi connectivity index (χ1) is 8.70. The van der Waals surface area contributed by atoms with Gasteiger partial charge in [-0.15, -0.1) is 0 Å². The minimum Gasteiger partial charge on any atom is -0.354 e. The van der Waals surface area contributed by atoms with Crippen LogP contribution in [0.4, 0.5) is 5.95 Å². The van der Waals surface area contributed by atoms with Crippen molar-refractivity contribution in [3.8, 4) is 0 Å². The molecule has 2 aromatic heterocycles. The molecule has 2 rings (SSSR count). The van der Waals surface area contributed by atoms with Crippen LogP contribution in [0.25, 0.3) is 0 Å². The van der Waals surface area contributed by atoms with Crippen LogP contribution in [-0.4, -0.2) is 21.5 Å². The Morgan fingerprint density at radius 1 is 1.22 bits per heavy atom. The maximum atomic E-state index is 6.05. The number of nitrogens with one attached hydrogen (secondary N) is 1. The van der Waals surface area contributed by atoms with Gasteiger partial charge >= 0.3 is 0 Å². The molecule has 0 spiro atoms. The number of halogens is 2. The molecule has 0 aromatic carbocycles. The topological polar surface area (TPSA) is 50.7 Å². The second-order valence-electron chi connectivity index (χ2n) is 3.27. The van der Waals surface area contributed by atoms with E-state index in [2.05, 4.69) is 20.3 Å². The lowest BCUT2D eigenvalue weighted by Gasteiger charge is -2.06. The quantitative estimate of drug-likeness (QED) is 0.871. The van der Waals surface area contributed by atoms with E-state index in [0.717, 1.165) is 6.54 Å². The molecule has 0 amide bonds. The first-order valence-electron chi connectivity index (χ1n) is 5.25. The minimum absolute atomic E-state index is 0.475. The van der Waals surface area contributed by atoms with Crippen LogP contribution < -0.4 is 5.32 Å². The van der Waals surface area contributed by atoms with Crippen molar-refractivity contribution in [2.75, 3.05) is 11.9 Å². The second-order valence-corrected chi connectivity index (χ2v) is 5.06. The Balaban J connectivity index is 2.28. The Morgan fingerprint density at radius 3 is 2.78 bits per heavy atom. The monoisotopic (exact) mass is 300 g/mol. The fourth-order valence-electron chi connectivity index (χ4n) is 1.20. The first-order valence-corrected chi connectivity index (χ1v) is 6.82. The zero-order valence-corrected chi connectivity index (χ0v) is 11.9. The van der Waals surface area contributed by atoms with Crippen molar-refractivity contribution in [1.82, 2.24) is 15.0 Å². The third-order valence-corrected chi connectivity index (χ3v) is 3.79. The molecule has 0 bridgehead atoms. The number of hydrogen-bond donors (Lipinski definition) is 1. The standard InChI is InChI=1S/C11H10Cl2N4S/c1-2-14-11-16-6-8(13)10(17-11)18-9-7(12)4-3-5-15-9/h3-6H,2H2,1H3,(H,14,16,17). The van der Waals surface area contributed by atoms with Gasteiger partial charge in [-0.05, 0) is 30.8 Å². The van der Waals surface area contributed by atoms with Gasteiger partial charge in [-0.3, -0.25) is 0 Å². The van der Waals surface area contributed by atoms with Gasteiger partial charge in [0.1, 0.15) is 10.1 Å².